The fourth-order valence-corrected chi connectivity index (χ4v) is 8.00. The van der Waals surface area contributed by atoms with Crippen LogP contribution in [0.15, 0.2) is 134 Å². The van der Waals surface area contributed by atoms with E-state index in [-0.39, 0.29) is 19.4 Å². The highest BCUT2D eigenvalue weighted by molar-refractivity contribution is 5.80. The number of carbonyl (C=O) groups excluding carboxylic acids is 2. The highest BCUT2D eigenvalue weighted by Gasteiger charge is 2.47. The average Bonchev–Trinajstić information content (AvgIpc) is 3.41. The fraction of sp³-hybridized carbons (Fsp3) is 0.625. The van der Waals surface area contributed by atoms with Gasteiger partial charge in [-0.1, -0.05) is 212 Å². The number of aliphatic hydroxyl groups is 5. The molecule has 1 amide bonds. The van der Waals surface area contributed by atoms with E-state index in [1.165, 1.54) is 38.5 Å². The SMILES string of the molecule is CC/C=C\C/C=C\C/C=C\C/C=C\C/C=C\CCCCC(O)C(=O)NC(COC1OC(CO)C(O)C(O)C1OC(=O)CCC/C=C\C/C=C\C/C=C\C/C=C\C/C=C\CC)C(O)/C=C/CCCCCCCCCCC. The monoisotopic (exact) mass is 1050 g/mol. The highest BCUT2D eigenvalue weighted by Crippen LogP contribution is 2.26. The normalized spacial score (nSPS) is 20.2. The number of amides is 1. The molecule has 1 rings (SSSR count). The molecule has 0 aromatic rings. The molecule has 1 fully saturated rings. The lowest BCUT2D eigenvalue weighted by Gasteiger charge is -2.41. The van der Waals surface area contributed by atoms with Gasteiger partial charge in [-0.3, -0.25) is 9.59 Å². The van der Waals surface area contributed by atoms with E-state index < -0.39 is 67.4 Å². The molecule has 1 aliphatic rings. The number of allylic oxidation sites excluding steroid dienone is 21. The Bertz CT molecular complexity index is 1720. The summed E-state index contributed by atoms with van der Waals surface area (Å²) in [6, 6.07) is -1.06. The maximum atomic E-state index is 13.4. The van der Waals surface area contributed by atoms with E-state index >= 15 is 0 Å². The highest BCUT2D eigenvalue weighted by atomic mass is 16.7. The Kier molecular flexibility index (Phi) is 46.4. The molecule has 8 atom stereocenters. The van der Waals surface area contributed by atoms with Gasteiger partial charge in [0.15, 0.2) is 12.4 Å². The molecule has 1 saturated heterocycles. The number of hydrogen-bond acceptors (Lipinski definition) is 10. The van der Waals surface area contributed by atoms with Crippen LogP contribution in [0.25, 0.3) is 0 Å². The minimum absolute atomic E-state index is 0.0329. The molecular weight excluding hydrogens is 943 g/mol. The van der Waals surface area contributed by atoms with Crippen molar-refractivity contribution in [3.8, 4) is 0 Å². The molecule has 1 heterocycles. The second-order valence-electron chi connectivity index (χ2n) is 19.3. The van der Waals surface area contributed by atoms with Gasteiger partial charge < -0.3 is 45.1 Å². The first-order chi connectivity index (χ1) is 36.7. The Hall–Kier alpha value is -4.20. The van der Waals surface area contributed by atoms with Gasteiger partial charge in [0, 0.05) is 6.42 Å². The second kappa shape index (κ2) is 50.6. The zero-order chi connectivity index (χ0) is 54.7. The summed E-state index contributed by atoms with van der Waals surface area (Å²) in [6.07, 6.45) is 60.7. The summed E-state index contributed by atoms with van der Waals surface area (Å²) < 4.78 is 17.5. The second-order valence-corrected chi connectivity index (χ2v) is 19.3. The van der Waals surface area contributed by atoms with E-state index in [2.05, 4.69) is 135 Å². The van der Waals surface area contributed by atoms with E-state index in [0.29, 0.717) is 19.3 Å². The van der Waals surface area contributed by atoms with Crippen molar-refractivity contribution < 1.29 is 49.3 Å². The van der Waals surface area contributed by atoms with E-state index in [9.17, 15) is 35.1 Å². The van der Waals surface area contributed by atoms with Crippen LogP contribution in [0, 0.1) is 0 Å². The summed E-state index contributed by atoms with van der Waals surface area (Å²) in [5.74, 6) is -1.30. The Morgan fingerprint density at radius 2 is 0.960 bits per heavy atom. The van der Waals surface area contributed by atoms with Crippen LogP contribution in [-0.2, 0) is 23.8 Å². The number of aliphatic hydroxyl groups excluding tert-OH is 5. The minimum Gasteiger partial charge on any atom is -0.454 e. The third kappa shape index (κ3) is 38.9. The maximum Gasteiger partial charge on any atom is 0.306 e. The lowest BCUT2D eigenvalue weighted by atomic mass is 9.99. The van der Waals surface area contributed by atoms with Crippen LogP contribution in [0.2, 0.25) is 0 Å². The molecule has 1 aliphatic heterocycles. The Balaban J connectivity index is 2.78. The van der Waals surface area contributed by atoms with Gasteiger partial charge in [-0.05, 0) is 109 Å². The van der Waals surface area contributed by atoms with Gasteiger partial charge in [0.25, 0.3) is 0 Å². The topological polar surface area (TPSA) is 175 Å². The predicted molar refractivity (Wildman–Crippen MR) is 310 cm³/mol. The molecule has 75 heavy (non-hydrogen) atoms. The van der Waals surface area contributed by atoms with Crippen molar-refractivity contribution >= 4 is 11.9 Å². The van der Waals surface area contributed by atoms with Gasteiger partial charge in [-0.2, -0.15) is 0 Å². The van der Waals surface area contributed by atoms with Gasteiger partial charge in [0.2, 0.25) is 5.91 Å². The molecule has 0 spiro atoms. The van der Waals surface area contributed by atoms with Crippen LogP contribution in [0.1, 0.15) is 194 Å². The standard InChI is InChI=1S/C64H103NO10/c1-4-7-10-13-16-19-22-24-26-28-30-31-33-36-39-42-45-48-51-57(68)63(72)65-55(56(67)50-47-44-41-38-35-21-18-15-12-9-6-3)54-73-64-62(61(71)60(70)58(53-66)74-64)75-59(69)52-49-46-43-40-37-34-32-29-27-25-23-20-17-14-11-8-5-2/h7-8,10-11,16-17,19-20,24-27,30-32,34,36,39-40,43,47,50,55-58,60-62,64,66-68,70-71H,4-6,9,12-15,18,21-23,28-29,33,35,37-38,41-42,44-46,48-49,51-54H2,1-3H3,(H,65,72)/b10-7-,11-8-,19-16-,20-17-,26-24-,27-25-,31-30-,34-32-,39-36-,43-40-,50-47+. The van der Waals surface area contributed by atoms with Crippen molar-refractivity contribution in [3.63, 3.8) is 0 Å². The van der Waals surface area contributed by atoms with Crippen LogP contribution in [0.3, 0.4) is 0 Å². The molecule has 0 aromatic carbocycles. The summed E-state index contributed by atoms with van der Waals surface area (Å²) in [5, 5.41) is 56.8. The molecule has 6 N–H and O–H groups in total. The van der Waals surface area contributed by atoms with Crippen molar-refractivity contribution in [1.82, 2.24) is 5.32 Å². The first kappa shape index (κ1) is 68.8. The van der Waals surface area contributed by atoms with E-state index in [4.69, 9.17) is 14.2 Å². The molecule has 11 nitrogen and oxygen atoms in total. The molecule has 0 radical (unpaired) electrons. The van der Waals surface area contributed by atoms with Crippen molar-refractivity contribution in [3.05, 3.63) is 134 Å². The van der Waals surface area contributed by atoms with Crippen molar-refractivity contribution in [2.75, 3.05) is 13.2 Å². The van der Waals surface area contributed by atoms with Gasteiger partial charge in [-0.25, -0.2) is 0 Å². The number of carbonyl (C=O) groups is 2. The maximum absolute atomic E-state index is 13.4. The van der Waals surface area contributed by atoms with E-state index in [0.717, 1.165) is 103 Å². The van der Waals surface area contributed by atoms with Crippen molar-refractivity contribution in [2.24, 2.45) is 0 Å². The van der Waals surface area contributed by atoms with Crippen molar-refractivity contribution in [2.45, 2.75) is 243 Å². The first-order valence-corrected chi connectivity index (χ1v) is 29.0. The van der Waals surface area contributed by atoms with Gasteiger partial charge in [-0.15, -0.1) is 0 Å². The summed E-state index contributed by atoms with van der Waals surface area (Å²) in [4.78, 5) is 26.4. The Morgan fingerprint density at radius 1 is 0.533 bits per heavy atom. The number of rotatable bonds is 46. The summed E-state index contributed by atoms with van der Waals surface area (Å²) in [5.41, 5.74) is 0. The lowest BCUT2D eigenvalue weighted by molar-refractivity contribution is -0.305. The third-order valence-electron chi connectivity index (χ3n) is 12.5. The van der Waals surface area contributed by atoms with Gasteiger partial charge in [0.1, 0.15) is 24.4 Å². The molecule has 0 aliphatic carbocycles. The number of nitrogens with one attached hydrogen (secondary N) is 1. The van der Waals surface area contributed by atoms with E-state index in [1.54, 1.807) is 6.08 Å². The summed E-state index contributed by atoms with van der Waals surface area (Å²) >= 11 is 0. The zero-order valence-corrected chi connectivity index (χ0v) is 46.6. The quantitative estimate of drug-likeness (QED) is 0.0196. The van der Waals surface area contributed by atoms with E-state index in [1.807, 2.05) is 18.2 Å². The minimum atomic E-state index is -1.65. The van der Waals surface area contributed by atoms with Crippen LogP contribution < -0.4 is 5.32 Å². The molecular formula is C64H103NO10. The smallest absolute Gasteiger partial charge is 0.306 e. The molecule has 0 aromatic heterocycles. The summed E-state index contributed by atoms with van der Waals surface area (Å²) in [7, 11) is 0. The van der Waals surface area contributed by atoms with Crippen LogP contribution in [-0.4, -0.2) is 99.6 Å². The average molecular weight is 1050 g/mol. The molecule has 0 saturated carbocycles. The molecule has 8 unspecified atom stereocenters. The number of unbranched alkanes of at least 4 members (excludes halogenated alkanes) is 12. The molecule has 424 valence electrons. The lowest BCUT2D eigenvalue weighted by Crippen LogP contribution is -2.61. The van der Waals surface area contributed by atoms with Crippen LogP contribution >= 0.6 is 0 Å². The fourth-order valence-electron chi connectivity index (χ4n) is 8.00. The van der Waals surface area contributed by atoms with Gasteiger partial charge >= 0.3 is 5.97 Å². The third-order valence-corrected chi connectivity index (χ3v) is 12.5. The zero-order valence-electron chi connectivity index (χ0n) is 46.6. The Labute approximate surface area is 454 Å². The molecule has 0 bridgehead atoms. The largest absolute Gasteiger partial charge is 0.454 e. The van der Waals surface area contributed by atoms with Crippen molar-refractivity contribution in [1.29, 1.82) is 0 Å². The predicted octanol–water partition coefficient (Wildman–Crippen LogP) is 13.3. The number of hydrogen-bond donors (Lipinski definition) is 6. The summed E-state index contributed by atoms with van der Waals surface area (Å²) in [6.45, 7) is 5.47. The van der Waals surface area contributed by atoms with Crippen LogP contribution in [0.4, 0.5) is 0 Å². The van der Waals surface area contributed by atoms with Gasteiger partial charge in [0.05, 0.1) is 25.4 Å². The van der Waals surface area contributed by atoms with Crippen LogP contribution in [0.5, 0.6) is 0 Å². The number of esters is 1. The first-order valence-electron chi connectivity index (χ1n) is 29.0. The molecule has 11 heteroatoms. The number of ether oxygens (including phenoxy) is 3. The Morgan fingerprint density at radius 3 is 1.44 bits per heavy atom.